The minimum absolute atomic E-state index is 0.341. The van der Waals surface area contributed by atoms with Crippen molar-refractivity contribution in [2.45, 2.75) is 39.2 Å². The van der Waals surface area contributed by atoms with Gasteiger partial charge in [0.15, 0.2) is 0 Å². The third-order valence-corrected chi connectivity index (χ3v) is 5.34. The van der Waals surface area contributed by atoms with Gasteiger partial charge in [-0.2, -0.15) is 11.8 Å². The molecule has 1 saturated heterocycles. The molecule has 0 amide bonds. The molecule has 1 aliphatic rings. The number of rotatable bonds is 5. The van der Waals surface area contributed by atoms with Gasteiger partial charge in [0.1, 0.15) is 10.0 Å². The van der Waals surface area contributed by atoms with Crippen LogP contribution < -0.4 is 5.32 Å². The zero-order valence-corrected chi connectivity index (χ0v) is 12.2. The predicted octanol–water partition coefficient (Wildman–Crippen LogP) is 2.89. The second kappa shape index (κ2) is 6.71. The first-order valence-electron chi connectivity index (χ1n) is 6.43. The van der Waals surface area contributed by atoms with Crippen LogP contribution in [0.4, 0.5) is 0 Å². The van der Waals surface area contributed by atoms with Crippen LogP contribution in [0.5, 0.6) is 0 Å². The average molecular weight is 271 g/mol. The quantitative estimate of drug-likeness (QED) is 0.893. The Kier molecular flexibility index (Phi) is 5.25. The molecule has 2 rings (SSSR count). The normalized spacial score (nSPS) is 19.4. The van der Waals surface area contributed by atoms with E-state index in [4.69, 9.17) is 0 Å². The van der Waals surface area contributed by atoms with Crippen molar-refractivity contribution in [3.63, 3.8) is 0 Å². The van der Waals surface area contributed by atoms with E-state index in [1.54, 1.807) is 11.3 Å². The molecule has 1 unspecified atom stereocenters. The lowest BCUT2D eigenvalue weighted by molar-refractivity contribution is 0.485. The van der Waals surface area contributed by atoms with Gasteiger partial charge in [-0.05, 0) is 43.7 Å². The maximum atomic E-state index is 4.34. The van der Waals surface area contributed by atoms with E-state index in [2.05, 4.69) is 41.1 Å². The Morgan fingerprint density at radius 2 is 2.12 bits per heavy atom. The van der Waals surface area contributed by atoms with E-state index in [-0.39, 0.29) is 0 Å². The van der Waals surface area contributed by atoms with E-state index < -0.39 is 0 Å². The molecule has 0 radical (unpaired) electrons. The van der Waals surface area contributed by atoms with E-state index in [0.29, 0.717) is 6.04 Å². The summed E-state index contributed by atoms with van der Waals surface area (Å²) in [7, 11) is 0. The largest absolute Gasteiger partial charge is 0.308 e. The van der Waals surface area contributed by atoms with Gasteiger partial charge in [-0.1, -0.05) is 18.3 Å². The minimum atomic E-state index is 0.341. The van der Waals surface area contributed by atoms with Crippen molar-refractivity contribution in [1.82, 2.24) is 15.5 Å². The summed E-state index contributed by atoms with van der Waals surface area (Å²) in [5, 5.41) is 14.4. The van der Waals surface area contributed by atoms with Gasteiger partial charge in [-0.15, -0.1) is 10.2 Å². The van der Waals surface area contributed by atoms with Gasteiger partial charge in [0, 0.05) is 6.42 Å². The van der Waals surface area contributed by atoms with E-state index in [1.165, 1.54) is 29.4 Å². The van der Waals surface area contributed by atoms with Crippen LogP contribution in [0.15, 0.2) is 0 Å². The molecule has 1 N–H and O–H groups in total. The van der Waals surface area contributed by atoms with Gasteiger partial charge in [0.2, 0.25) is 0 Å². The van der Waals surface area contributed by atoms with E-state index in [1.807, 2.05) is 0 Å². The Labute approximate surface area is 112 Å². The monoisotopic (exact) mass is 271 g/mol. The number of nitrogens with zero attached hydrogens (tertiary/aromatic N) is 2. The summed E-state index contributed by atoms with van der Waals surface area (Å²) < 4.78 is 0. The van der Waals surface area contributed by atoms with Crippen molar-refractivity contribution in [1.29, 1.82) is 0 Å². The standard InChI is InChI=1S/C12H21N3S2/c1-3-13-9(2)12-15-14-11(17-12)8-10-4-6-16-7-5-10/h9-10,13H,3-8H2,1-2H3. The van der Waals surface area contributed by atoms with E-state index in [9.17, 15) is 0 Å². The zero-order valence-electron chi connectivity index (χ0n) is 10.6. The summed E-state index contributed by atoms with van der Waals surface area (Å²) >= 11 is 3.87. The SMILES string of the molecule is CCNC(C)c1nnc(CC2CCSCC2)s1. The summed E-state index contributed by atoms with van der Waals surface area (Å²) in [6.45, 7) is 5.26. The van der Waals surface area contributed by atoms with Crippen LogP contribution in [0.3, 0.4) is 0 Å². The number of hydrogen-bond donors (Lipinski definition) is 1. The molecule has 1 aromatic heterocycles. The number of aromatic nitrogens is 2. The highest BCUT2D eigenvalue weighted by atomic mass is 32.2. The van der Waals surface area contributed by atoms with Crippen LogP contribution >= 0.6 is 23.1 Å². The minimum Gasteiger partial charge on any atom is -0.308 e. The van der Waals surface area contributed by atoms with Crippen molar-refractivity contribution in [3.05, 3.63) is 10.0 Å². The van der Waals surface area contributed by atoms with Crippen molar-refractivity contribution in [3.8, 4) is 0 Å². The maximum Gasteiger partial charge on any atom is 0.134 e. The molecule has 96 valence electrons. The topological polar surface area (TPSA) is 37.8 Å². The predicted molar refractivity (Wildman–Crippen MR) is 75.8 cm³/mol. The molecule has 5 heteroatoms. The lowest BCUT2D eigenvalue weighted by Gasteiger charge is -2.19. The fourth-order valence-corrected chi connectivity index (χ4v) is 4.30. The van der Waals surface area contributed by atoms with Crippen LogP contribution in [0, 0.1) is 5.92 Å². The molecule has 1 aromatic rings. The van der Waals surface area contributed by atoms with Crippen molar-refractivity contribution >= 4 is 23.1 Å². The van der Waals surface area contributed by atoms with E-state index >= 15 is 0 Å². The van der Waals surface area contributed by atoms with Crippen molar-refractivity contribution in [2.75, 3.05) is 18.1 Å². The van der Waals surface area contributed by atoms with Gasteiger partial charge in [-0.25, -0.2) is 0 Å². The molecule has 0 aromatic carbocycles. The Morgan fingerprint density at radius 3 is 2.82 bits per heavy atom. The van der Waals surface area contributed by atoms with Gasteiger partial charge >= 0.3 is 0 Å². The summed E-state index contributed by atoms with van der Waals surface area (Å²) in [5.74, 6) is 3.49. The van der Waals surface area contributed by atoms with Crippen LogP contribution in [0.25, 0.3) is 0 Å². The molecule has 2 heterocycles. The molecule has 1 fully saturated rings. The fraction of sp³-hybridized carbons (Fsp3) is 0.833. The lowest BCUT2D eigenvalue weighted by Crippen LogP contribution is -2.17. The molecule has 0 aliphatic carbocycles. The molecule has 0 spiro atoms. The molecule has 1 atom stereocenters. The molecule has 17 heavy (non-hydrogen) atoms. The third kappa shape index (κ3) is 3.93. The van der Waals surface area contributed by atoms with Crippen molar-refractivity contribution < 1.29 is 0 Å². The highest BCUT2D eigenvalue weighted by molar-refractivity contribution is 7.99. The van der Waals surface area contributed by atoms with Crippen LogP contribution in [-0.2, 0) is 6.42 Å². The highest BCUT2D eigenvalue weighted by Crippen LogP contribution is 2.27. The second-order valence-corrected chi connectivity index (χ2v) is 6.89. The smallest absolute Gasteiger partial charge is 0.134 e. The summed E-state index contributed by atoms with van der Waals surface area (Å²) in [4.78, 5) is 0. The summed E-state index contributed by atoms with van der Waals surface area (Å²) in [6.07, 6.45) is 3.84. The van der Waals surface area contributed by atoms with Gasteiger partial charge in [0.05, 0.1) is 6.04 Å². The van der Waals surface area contributed by atoms with Gasteiger partial charge in [0.25, 0.3) is 0 Å². The number of thioether (sulfide) groups is 1. The number of hydrogen-bond acceptors (Lipinski definition) is 5. The number of nitrogens with one attached hydrogen (secondary N) is 1. The Bertz CT molecular complexity index is 334. The third-order valence-electron chi connectivity index (χ3n) is 3.17. The first-order chi connectivity index (χ1) is 8.29. The van der Waals surface area contributed by atoms with Gasteiger partial charge in [-0.3, -0.25) is 0 Å². The maximum absolute atomic E-state index is 4.34. The average Bonchev–Trinajstić information content (AvgIpc) is 2.79. The molecular weight excluding hydrogens is 250 g/mol. The molecule has 0 saturated carbocycles. The molecular formula is C12H21N3S2. The van der Waals surface area contributed by atoms with Crippen LogP contribution in [0.2, 0.25) is 0 Å². The zero-order chi connectivity index (χ0) is 12.1. The molecule has 0 bridgehead atoms. The van der Waals surface area contributed by atoms with Crippen LogP contribution in [-0.4, -0.2) is 28.2 Å². The molecule has 1 aliphatic heterocycles. The van der Waals surface area contributed by atoms with Crippen molar-refractivity contribution in [2.24, 2.45) is 5.92 Å². The van der Waals surface area contributed by atoms with Gasteiger partial charge < -0.3 is 5.32 Å². The summed E-state index contributed by atoms with van der Waals surface area (Å²) in [5.41, 5.74) is 0. The lowest BCUT2D eigenvalue weighted by atomic mass is 9.99. The first-order valence-corrected chi connectivity index (χ1v) is 8.40. The Balaban J connectivity index is 1.88. The van der Waals surface area contributed by atoms with E-state index in [0.717, 1.165) is 23.9 Å². The second-order valence-electron chi connectivity index (χ2n) is 4.57. The Hall–Kier alpha value is -0.130. The Morgan fingerprint density at radius 1 is 1.35 bits per heavy atom. The molecule has 3 nitrogen and oxygen atoms in total. The first kappa shape index (κ1) is 13.3. The van der Waals surface area contributed by atoms with Crippen LogP contribution in [0.1, 0.15) is 42.7 Å². The highest BCUT2D eigenvalue weighted by Gasteiger charge is 2.17. The summed E-state index contributed by atoms with van der Waals surface area (Å²) in [6, 6.07) is 0.341. The fourth-order valence-electron chi connectivity index (χ4n) is 2.12.